The van der Waals surface area contributed by atoms with Gasteiger partial charge in [-0.15, -0.1) is 0 Å². The van der Waals surface area contributed by atoms with Gasteiger partial charge >= 0.3 is 0 Å². The minimum absolute atomic E-state index is 0.956. The summed E-state index contributed by atoms with van der Waals surface area (Å²) >= 11 is 6.11. The SMILES string of the molecule is CCc1cccc(CC)c1Cl. The summed E-state index contributed by atoms with van der Waals surface area (Å²) in [5.74, 6) is 0. The average Bonchev–Trinajstić information content (AvgIpc) is 2.05. The van der Waals surface area contributed by atoms with E-state index in [1.807, 2.05) is 0 Å². The molecular formula is C10H13Cl. The van der Waals surface area contributed by atoms with Crippen molar-refractivity contribution in [2.45, 2.75) is 26.7 Å². The van der Waals surface area contributed by atoms with Gasteiger partial charge in [-0.05, 0) is 24.0 Å². The summed E-state index contributed by atoms with van der Waals surface area (Å²) in [6.45, 7) is 4.25. The zero-order valence-electron chi connectivity index (χ0n) is 7.02. The Morgan fingerprint density at radius 1 is 1.09 bits per heavy atom. The topological polar surface area (TPSA) is 0 Å². The van der Waals surface area contributed by atoms with Crippen LogP contribution in [0.4, 0.5) is 0 Å². The Morgan fingerprint density at radius 2 is 1.55 bits per heavy atom. The molecule has 0 aromatic heterocycles. The first-order valence-corrected chi connectivity index (χ1v) is 4.43. The van der Waals surface area contributed by atoms with E-state index in [1.165, 1.54) is 11.1 Å². The van der Waals surface area contributed by atoms with Gasteiger partial charge in [0.1, 0.15) is 0 Å². The minimum Gasteiger partial charge on any atom is -0.0837 e. The first-order chi connectivity index (χ1) is 5.29. The van der Waals surface area contributed by atoms with Crippen molar-refractivity contribution in [3.63, 3.8) is 0 Å². The Bertz CT molecular complexity index is 218. The highest BCUT2D eigenvalue weighted by Gasteiger charge is 2.00. The van der Waals surface area contributed by atoms with Crippen molar-refractivity contribution in [1.29, 1.82) is 0 Å². The largest absolute Gasteiger partial charge is 0.0837 e. The lowest BCUT2D eigenvalue weighted by atomic mass is 10.1. The van der Waals surface area contributed by atoms with Gasteiger partial charge in [0.2, 0.25) is 0 Å². The zero-order valence-corrected chi connectivity index (χ0v) is 7.78. The molecule has 0 saturated heterocycles. The molecular weight excluding hydrogens is 156 g/mol. The monoisotopic (exact) mass is 168 g/mol. The van der Waals surface area contributed by atoms with Crippen molar-refractivity contribution in [3.05, 3.63) is 34.3 Å². The fourth-order valence-corrected chi connectivity index (χ4v) is 1.57. The maximum absolute atomic E-state index is 6.11. The molecule has 11 heavy (non-hydrogen) atoms. The van der Waals surface area contributed by atoms with Crippen molar-refractivity contribution in [2.75, 3.05) is 0 Å². The molecule has 1 aromatic carbocycles. The van der Waals surface area contributed by atoms with Crippen molar-refractivity contribution in [3.8, 4) is 0 Å². The molecule has 0 aliphatic carbocycles. The summed E-state index contributed by atoms with van der Waals surface area (Å²) in [7, 11) is 0. The summed E-state index contributed by atoms with van der Waals surface area (Å²) in [5, 5.41) is 0.956. The molecule has 60 valence electrons. The Morgan fingerprint density at radius 3 is 1.91 bits per heavy atom. The quantitative estimate of drug-likeness (QED) is 0.635. The number of rotatable bonds is 2. The molecule has 0 heterocycles. The van der Waals surface area contributed by atoms with Gasteiger partial charge in [0.15, 0.2) is 0 Å². The number of aryl methyl sites for hydroxylation is 2. The van der Waals surface area contributed by atoms with Gasteiger partial charge < -0.3 is 0 Å². The average molecular weight is 169 g/mol. The highest BCUT2D eigenvalue weighted by molar-refractivity contribution is 6.32. The maximum Gasteiger partial charge on any atom is 0.0469 e. The predicted molar refractivity (Wildman–Crippen MR) is 50.2 cm³/mol. The first kappa shape index (κ1) is 8.61. The lowest BCUT2D eigenvalue weighted by Crippen LogP contribution is -1.87. The predicted octanol–water partition coefficient (Wildman–Crippen LogP) is 3.46. The molecule has 0 saturated carbocycles. The zero-order chi connectivity index (χ0) is 8.27. The minimum atomic E-state index is 0.956. The van der Waals surface area contributed by atoms with Crippen LogP contribution in [0.5, 0.6) is 0 Å². The van der Waals surface area contributed by atoms with Gasteiger partial charge in [-0.2, -0.15) is 0 Å². The molecule has 0 N–H and O–H groups in total. The normalized spacial score (nSPS) is 10.1. The Balaban J connectivity index is 3.10. The van der Waals surface area contributed by atoms with Gasteiger partial charge in [-0.25, -0.2) is 0 Å². The molecule has 0 spiro atoms. The molecule has 1 heteroatoms. The Kier molecular flexibility index (Phi) is 2.95. The van der Waals surface area contributed by atoms with Gasteiger partial charge in [0, 0.05) is 5.02 Å². The number of hydrogen-bond donors (Lipinski definition) is 0. The third kappa shape index (κ3) is 1.75. The Labute approximate surface area is 73.2 Å². The highest BCUT2D eigenvalue weighted by Crippen LogP contribution is 2.21. The second kappa shape index (κ2) is 3.77. The third-order valence-corrected chi connectivity index (χ3v) is 2.41. The standard InChI is InChI=1S/C10H13Cl/c1-3-8-6-5-7-9(4-2)10(8)11/h5-7H,3-4H2,1-2H3. The summed E-state index contributed by atoms with van der Waals surface area (Å²) < 4.78 is 0. The van der Waals surface area contributed by atoms with Crippen molar-refractivity contribution >= 4 is 11.6 Å². The van der Waals surface area contributed by atoms with Crippen LogP contribution in [0.3, 0.4) is 0 Å². The molecule has 1 rings (SSSR count). The molecule has 0 radical (unpaired) electrons. The van der Waals surface area contributed by atoms with Crippen LogP contribution in [0.1, 0.15) is 25.0 Å². The van der Waals surface area contributed by atoms with E-state index in [2.05, 4.69) is 32.0 Å². The fourth-order valence-electron chi connectivity index (χ4n) is 1.18. The lowest BCUT2D eigenvalue weighted by molar-refractivity contribution is 1.09. The lowest BCUT2D eigenvalue weighted by Gasteiger charge is -2.04. The second-order valence-electron chi connectivity index (χ2n) is 2.60. The van der Waals surface area contributed by atoms with E-state index in [0.29, 0.717) is 0 Å². The van der Waals surface area contributed by atoms with Crippen LogP contribution >= 0.6 is 11.6 Å². The van der Waals surface area contributed by atoms with Crippen LogP contribution in [0.15, 0.2) is 18.2 Å². The summed E-state index contributed by atoms with van der Waals surface area (Å²) in [6, 6.07) is 6.24. The van der Waals surface area contributed by atoms with E-state index in [4.69, 9.17) is 11.6 Å². The van der Waals surface area contributed by atoms with Crippen LogP contribution < -0.4 is 0 Å². The van der Waals surface area contributed by atoms with Crippen molar-refractivity contribution in [1.82, 2.24) is 0 Å². The molecule has 0 amide bonds. The molecule has 0 nitrogen and oxygen atoms in total. The van der Waals surface area contributed by atoms with Crippen LogP contribution in [-0.2, 0) is 12.8 Å². The van der Waals surface area contributed by atoms with Crippen molar-refractivity contribution in [2.24, 2.45) is 0 Å². The smallest absolute Gasteiger partial charge is 0.0469 e. The van der Waals surface area contributed by atoms with E-state index in [1.54, 1.807) is 0 Å². The molecule has 0 bridgehead atoms. The molecule has 0 unspecified atom stereocenters. The highest BCUT2D eigenvalue weighted by atomic mass is 35.5. The first-order valence-electron chi connectivity index (χ1n) is 4.05. The van der Waals surface area contributed by atoms with Gasteiger partial charge in [0.25, 0.3) is 0 Å². The summed E-state index contributed by atoms with van der Waals surface area (Å²) in [5.41, 5.74) is 2.51. The van der Waals surface area contributed by atoms with Crippen molar-refractivity contribution < 1.29 is 0 Å². The summed E-state index contributed by atoms with van der Waals surface area (Å²) in [4.78, 5) is 0. The van der Waals surface area contributed by atoms with Gasteiger partial charge in [0.05, 0.1) is 0 Å². The third-order valence-electron chi connectivity index (χ3n) is 1.92. The van der Waals surface area contributed by atoms with Gasteiger partial charge in [-0.3, -0.25) is 0 Å². The number of halogens is 1. The van der Waals surface area contributed by atoms with Crippen LogP contribution in [0.2, 0.25) is 5.02 Å². The molecule has 0 atom stereocenters. The Hall–Kier alpha value is -0.490. The van der Waals surface area contributed by atoms with E-state index in [9.17, 15) is 0 Å². The van der Waals surface area contributed by atoms with E-state index >= 15 is 0 Å². The van der Waals surface area contributed by atoms with E-state index in [0.717, 1.165) is 17.9 Å². The fraction of sp³-hybridized carbons (Fsp3) is 0.400. The molecule has 0 fully saturated rings. The van der Waals surface area contributed by atoms with E-state index < -0.39 is 0 Å². The van der Waals surface area contributed by atoms with Crippen LogP contribution in [0.25, 0.3) is 0 Å². The molecule has 1 aromatic rings. The molecule has 0 aliphatic rings. The van der Waals surface area contributed by atoms with Gasteiger partial charge in [-0.1, -0.05) is 43.6 Å². The molecule has 0 aliphatic heterocycles. The van der Waals surface area contributed by atoms with Crippen LogP contribution in [0, 0.1) is 0 Å². The number of benzene rings is 1. The van der Waals surface area contributed by atoms with E-state index in [-0.39, 0.29) is 0 Å². The summed E-state index contributed by atoms with van der Waals surface area (Å²) in [6.07, 6.45) is 2.04. The number of hydrogen-bond acceptors (Lipinski definition) is 0. The maximum atomic E-state index is 6.11. The van der Waals surface area contributed by atoms with Crippen LogP contribution in [-0.4, -0.2) is 0 Å². The second-order valence-corrected chi connectivity index (χ2v) is 2.98.